The fraction of sp³-hybridized carbons (Fsp3) is 0.800. The molecule has 0 saturated heterocycles. The molecule has 0 amide bonds. The third-order valence-electron chi connectivity index (χ3n) is 4.27. The summed E-state index contributed by atoms with van der Waals surface area (Å²) in [5.41, 5.74) is 6.41. The monoisotopic (exact) mass is 249 g/mol. The summed E-state index contributed by atoms with van der Waals surface area (Å²) >= 11 is 0. The zero-order valence-corrected chi connectivity index (χ0v) is 11.8. The first-order valence-corrected chi connectivity index (χ1v) is 7.46. The molecule has 0 bridgehead atoms. The summed E-state index contributed by atoms with van der Waals surface area (Å²) in [7, 11) is 0. The van der Waals surface area contributed by atoms with Gasteiger partial charge in [0.05, 0.1) is 0 Å². The summed E-state index contributed by atoms with van der Waals surface area (Å²) in [5.74, 6) is 2.72. The van der Waals surface area contributed by atoms with Gasteiger partial charge in [-0.25, -0.2) is 4.98 Å². The molecule has 102 valence electrons. The van der Waals surface area contributed by atoms with Crippen molar-refractivity contribution in [3.05, 3.63) is 18.2 Å². The topological polar surface area (TPSA) is 43.8 Å². The van der Waals surface area contributed by atoms with Crippen LogP contribution in [-0.2, 0) is 13.0 Å². The number of rotatable bonds is 5. The van der Waals surface area contributed by atoms with Crippen LogP contribution in [0.1, 0.15) is 51.8 Å². The van der Waals surface area contributed by atoms with Gasteiger partial charge in [0.25, 0.3) is 0 Å². The van der Waals surface area contributed by atoms with Crippen molar-refractivity contribution in [1.29, 1.82) is 0 Å². The summed E-state index contributed by atoms with van der Waals surface area (Å²) in [6.07, 6.45) is 11.4. The zero-order chi connectivity index (χ0) is 13.0. The van der Waals surface area contributed by atoms with E-state index in [1.807, 2.05) is 6.20 Å². The Labute approximate surface area is 111 Å². The Morgan fingerprint density at radius 2 is 2.33 bits per heavy atom. The van der Waals surface area contributed by atoms with E-state index in [1.165, 1.54) is 31.5 Å². The molecule has 0 aliphatic heterocycles. The molecule has 1 aliphatic rings. The fourth-order valence-corrected chi connectivity index (χ4v) is 3.22. The van der Waals surface area contributed by atoms with Crippen LogP contribution < -0.4 is 5.73 Å². The quantitative estimate of drug-likeness (QED) is 0.872. The Kier molecular flexibility index (Phi) is 4.81. The number of nitrogens with zero attached hydrogens (tertiary/aromatic N) is 2. The maximum Gasteiger partial charge on any atom is 0.110 e. The molecule has 3 nitrogen and oxygen atoms in total. The molecule has 1 heterocycles. The summed E-state index contributed by atoms with van der Waals surface area (Å²) in [4.78, 5) is 4.47. The fourth-order valence-electron chi connectivity index (χ4n) is 3.22. The Morgan fingerprint density at radius 3 is 3.06 bits per heavy atom. The standard InChI is InChI=1S/C15H27N3/c1-3-8-18-9-7-17-15(18)11-14(16)13-6-4-5-12(2)10-13/h7,9,12-14H,3-6,8,10-11,16H2,1-2H3. The summed E-state index contributed by atoms with van der Waals surface area (Å²) in [5, 5.41) is 0. The molecule has 1 saturated carbocycles. The lowest BCUT2D eigenvalue weighted by Crippen LogP contribution is -2.36. The van der Waals surface area contributed by atoms with Crippen LogP contribution in [0.2, 0.25) is 0 Å². The number of hydrogen-bond donors (Lipinski definition) is 1. The number of imidazole rings is 1. The van der Waals surface area contributed by atoms with E-state index in [-0.39, 0.29) is 6.04 Å². The Morgan fingerprint density at radius 1 is 1.50 bits per heavy atom. The van der Waals surface area contributed by atoms with Gasteiger partial charge < -0.3 is 10.3 Å². The zero-order valence-electron chi connectivity index (χ0n) is 11.8. The minimum atomic E-state index is 0.283. The van der Waals surface area contributed by atoms with Crippen LogP contribution in [0.5, 0.6) is 0 Å². The van der Waals surface area contributed by atoms with Crippen LogP contribution in [0.3, 0.4) is 0 Å². The minimum absolute atomic E-state index is 0.283. The average Bonchev–Trinajstić information content (AvgIpc) is 2.77. The van der Waals surface area contributed by atoms with Gasteiger partial charge in [0, 0.05) is 31.4 Å². The van der Waals surface area contributed by atoms with Gasteiger partial charge >= 0.3 is 0 Å². The smallest absolute Gasteiger partial charge is 0.110 e. The number of aromatic nitrogens is 2. The second-order valence-corrected chi connectivity index (χ2v) is 5.94. The predicted octanol–water partition coefficient (Wildman–Crippen LogP) is 2.99. The molecule has 3 unspecified atom stereocenters. The lowest BCUT2D eigenvalue weighted by Gasteiger charge is -2.31. The van der Waals surface area contributed by atoms with Crippen molar-refractivity contribution in [3.63, 3.8) is 0 Å². The Hall–Kier alpha value is -0.830. The molecule has 1 aromatic rings. The molecule has 0 spiro atoms. The van der Waals surface area contributed by atoms with Crippen LogP contribution in [0, 0.1) is 11.8 Å². The van der Waals surface area contributed by atoms with E-state index in [4.69, 9.17) is 5.73 Å². The first kappa shape index (κ1) is 13.6. The van der Waals surface area contributed by atoms with Crippen LogP contribution >= 0.6 is 0 Å². The largest absolute Gasteiger partial charge is 0.335 e. The van der Waals surface area contributed by atoms with E-state index in [0.717, 1.165) is 25.3 Å². The van der Waals surface area contributed by atoms with Crippen LogP contribution in [-0.4, -0.2) is 15.6 Å². The van der Waals surface area contributed by atoms with Gasteiger partial charge in [-0.05, 0) is 31.1 Å². The molecule has 18 heavy (non-hydrogen) atoms. The second kappa shape index (κ2) is 6.37. The molecule has 2 N–H and O–H groups in total. The van der Waals surface area contributed by atoms with Gasteiger partial charge in [-0.2, -0.15) is 0 Å². The van der Waals surface area contributed by atoms with Crippen molar-refractivity contribution in [2.75, 3.05) is 0 Å². The highest BCUT2D eigenvalue weighted by atomic mass is 15.1. The molecule has 1 aromatic heterocycles. The normalized spacial score (nSPS) is 26.2. The van der Waals surface area contributed by atoms with Crippen LogP contribution in [0.4, 0.5) is 0 Å². The summed E-state index contributed by atoms with van der Waals surface area (Å²) in [6, 6.07) is 0.283. The third-order valence-corrected chi connectivity index (χ3v) is 4.27. The van der Waals surface area contributed by atoms with Gasteiger partial charge in [0.15, 0.2) is 0 Å². The highest BCUT2D eigenvalue weighted by Crippen LogP contribution is 2.30. The lowest BCUT2D eigenvalue weighted by atomic mass is 9.78. The van der Waals surface area contributed by atoms with Gasteiger partial charge in [0.2, 0.25) is 0 Å². The number of aryl methyl sites for hydroxylation is 1. The SMILES string of the molecule is CCCn1ccnc1CC(N)C1CCCC(C)C1. The first-order valence-electron chi connectivity index (χ1n) is 7.46. The molecule has 3 atom stereocenters. The molecule has 1 aliphatic carbocycles. The Balaban J connectivity index is 1.93. The second-order valence-electron chi connectivity index (χ2n) is 5.94. The molecular weight excluding hydrogens is 222 g/mol. The van der Waals surface area contributed by atoms with E-state index in [1.54, 1.807) is 0 Å². The van der Waals surface area contributed by atoms with E-state index >= 15 is 0 Å². The molecule has 1 fully saturated rings. The van der Waals surface area contributed by atoms with Crippen LogP contribution in [0.25, 0.3) is 0 Å². The number of hydrogen-bond acceptors (Lipinski definition) is 2. The van der Waals surface area contributed by atoms with E-state index in [9.17, 15) is 0 Å². The summed E-state index contributed by atoms with van der Waals surface area (Å²) < 4.78 is 2.26. The van der Waals surface area contributed by atoms with E-state index in [2.05, 4.69) is 29.6 Å². The van der Waals surface area contributed by atoms with Crippen molar-refractivity contribution in [2.45, 2.75) is 65.0 Å². The highest BCUT2D eigenvalue weighted by molar-refractivity contribution is 4.97. The molecule has 0 radical (unpaired) electrons. The molecule has 2 rings (SSSR count). The van der Waals surface area contributed by atoms with Crippen molar-refractivity contribution < 1.29 is 0 Å². The average molecular weight is 249 g/mol. The van der Waals surface area contributed by atoms with Gasteiger partial charge in [0.1, 0.15) is 5.82 Å². The highest BCUT2D eigenvalue weighted by Gasteiger charge is 2.25. The van der Waals surface area contributed by atoms with Crippen molar-refractivity contribution in [1.82, 2.24) is 9.55 Å². The first-order chi connectivity index (χ1) is 8.70. The van der Waals surface area contributed by atoms with Crippen molar-refractivity contribution in [2.24, 2.45) is 17.6 Å². The molecule has 0 aromatic carbocycles. The van der Waals surface area contributed by atoms with E-state index < -0.39 is 0 Å². The number of nitrogens with two attached hydrogens (primary N) is 1. The maximum atomic E-state index is 6.41. The van der Waals surface area contributed by atoms with Gasteiger partial charge in [-0.15, -0.1) is 0 Å². The minimum Gasteiger partial charge on any atom is -0.335 e. The maximum absolute atomic E-state index is 6.41. The molecular formula is C15H27N3. The van der Waals surface area contributed by atoms with Gasteiger partial charge in [-0.3, -0.25) is 0 Å². The Bertz CT molecular complexity index is 358. The predicted molar refractivity (Wildman–Crippen MR) is 75.3 cm³/mol. The lowest BCUT2D eigenvalue weighted by molar-refractivity contribution is 0.243. The third kappa shape index (κ3) is 3.35. The molecule has 3 heteroatoms. The van der Waals surface area contributed by atoms with Crippen LogP contribution in [0.15, 0.2) is 12.4 Å². The van der Waals surface area contributed by atoms with E-state index in [0.29, 0.717) is 5.92 Å². The van der Waals surface area contributed by atoms with Gasteiger partial charge in [-0.1, -0.05) is 26.7 Å². The van der Waals surface area contributed by atoms with Crippen molar-refractivity contribution >= 4 is 0 Å². The summed E-state index contributed by atoms with van der Waals surface area (Å²) in [6.45, 7) is 5.62. The van der Waals surface area contributed by atoms with Crippen molar-refractivity contribution in [3.8, 4) is 0 Å².